The molecule has 0 aliphatic heterocycles. The molecule has 1 rings (SSSR count). The Balaban J connectivity index is 3.35. The average Bonchev–Trinajstić information content (AvgIpc) is 2.01. The fraction of sp³-hybridized carbons (Fsp3) is 0.143. The average molecular weight is 223 g/mol. The van der Waals surface area contributed by atoms with E-state index in [4.69, 9.17) is 0 Å². The van der Waals surface area contributed by atoms with Crippen LogP contribution in [0.2, 0.25) is 0 Å². The highest BCUT2D eigenvalue weighted by atomic mass is 32.1. The Bertz CT molecular complexity index is 378. The SMILES string of the molecule is O=[N+]([O-])c1cccc(C(F)(F)F)c1S. The summed E-state index contributed by atoms with van der Waals surface area (Å²) in [5.74, 6) is 0. The lowest BCUT2D eigenvalue weighted by Gasteiger charge is -2.08. The fourth-order valence-electron chi connectivity index (χ4n) is 0.907. The highest BCUT2D eigenvalue weighted by Crippen LogP contribution is 2.37. The second-order valence-electron chi connectivity index (χ2n) is 2.43. The summed E-state index contributed by atoms with van der Waals surface area (Å²) in [5.41, 5.74) is -1.75. The standard InChI is InChI=1S/C7H4F3NO2S/c8-7(9,10)4-2-1-3-5(6(4)14)11(12)13/h1-3,14H. The lowest BCUT2D eigenvalue weighted by atomic mass is 10.2. The normalized spacial score (nSPS) is 11.4. The van der Waals surface area contributed by atoms with Gasteiger partial charge in [0.15, 0.2) is 0 Å². The highest BCUT2D eigenvalue weighted by molar-refractivity contribution is 7.80. The maximum atomic E-state index is 12.2. The third-order valence-electron chi connectivity index (χ3n) is 1.52. The molecule has 0 fully saturated rings. The molecule has 0 radical (unpaired) electrons. The van der Waals surface area contributed by atoms with Crippen LogP contribution in [0.1, 0.15) is 5.56 Å². The largest absolute Gasteiger partial charge is 0.417 e. The minimum atomic E-state index is -4.62. The quantitative estimate of drug-likeness (QED) is 0.452. The zero-order valence-electron chi connectivity index (χ0n) is 6.58. The van der Waals surface area contributed by atoms with Gasteiger partial charge < -0.3 is 0 Å². The van der Waals surface area contributed by atoms with E-state index in [0.29, 0.717) is 0 Å². The molecule has 1 aromatic carbocycles. The van der Waals surface area contributed by atoms with Gasteiger partial charge >= 0.3 is 6.18 Å². The zero-order valence-corrected chi connectivity index (χ0v) is 7.47. The van der Waals surface area contributed by atoms with Crippen molar-refractivity contribution >= 4 is 18.3 Å². The third kappa shape index (κ3) is 1.98. The summed E-state index contributed by atoms with van der Waals surface area (Å²) in [6.45, 7) is 0. The van der Waals surface area contributed by atoms with E-state index in [1.807, 2.05) is 0 Å². The summed E-state index contributed by atoms with van der Waals surface area (Å²) >= 11 is 3.48. The number of benzene rings is 1. The number of thiol groups is 1. The van der Waals surface area contributed by atoms with Crippen molar-refractivity contribution < 1.29 is 18.1 Å². The number of nitrogens with zero attached hydrogens (tertiary/aromatic N) is 1. The van der Waals surface area contributed by atoms with Crippen molar-refractivity contribution in [2.45, 2.75) is 11.1 Å². The van der Waals surface area contributed by atoms with Gasteiger partial charge in [0.2, 0.25) is 0 Å². The second-order valence-corrected chi connectivity index (χ2v) is 2.88. The van der Waals surface area contributed by atoms with Crippen LogP contribution in [-0.2, 0) is 6.18 Å². The lowest BCUT2D eigenvalue weighted by Crippen LogP contribution is -2.07. The number of rotatable bonds is 1. The van der Waals surface area contributed by atoms with Crippen LogP contribution >= 0.6 is 12.6 Å². The molecule has 0 spiro atoms. The summed E-state index contributed by atoms with van der Waals surface area (Å²) in [4.78, 5) is 8.72. The van der Waals surface area contributed by atoms with Crippen molar-refractivity contribution in [1.82, 2.24) is 0 Å². The molecule has 0 saturated heterocycles. The summed E-state index contributed by atoms with van der Waals surface area (Å²) in [6, 6.07) is 2.69. The summed E-state index contributed by atoms with van der Waals surface area (Å²) in [6.07, 6.45) is -4.62. The van der Waals surface area contributed by atoms with Gasteiger partial charge in [0.05, 0.1) is 15.4 Å². The number of hydrogen-bond acceptors (Lipinski definition) is 3. The van der Waals surface area contributed by atoms with Crippen LogP contribution in [0.3, 0.4) is 0 Å². The molecule has 0 aromatic heterocycles. The Morgan fingerprint density at radius 1 is 1.36 bits per heavy atom. The van der Waals surface area contributed by atoms with Crippen LogP contribution in [-0.4, -0.2) is 4.92 Å². The maximum absolute atomic E-state index is 12.2. The molecule has 1 aromatic rings. The van der Waals surface area contributed by atoms with E-state index in [1.165, 1.54) is 0 Å². The Morgan fingerprint density at radius 3 is 2.36 bits per heavy atom. The summed E-state index contributed by atoms with van der Waals surface area (Å²) < 4.78 is 36.7. The van der Waals surface area contributed by atoms with Crippen LogP contribution in [0.15, 0.2) is 23.1 Å². The molecule has 0 unspecified atom stereocenters. The van der Waals surface area contributed by atoms with Gasteiger partial charge in [-0.1, -0.05) is 6.07 Å². The van der Waals surface area contributed by atoms with Crippen molar-refractivity contribution in [3.8, 4) is 0 Å². The molecule has 0 heterocycles. The fourth-order valence-corrected chi connectivity index (χ4v) is 1.26. The number of alkyl halides is 3. The van der Waals surface area contributed by atoms with Crippen LogP contribution in [0.5, 0.6) is 0 Å². The predicted octanol–water partition coefficient (Wildman–Crippen LogP) is 2.90. The van der Waals surface area contributed by atoms with Gasteiger partial charge in [-0.05, 0) is 6.07 Å². The maximum Gasteiger partial charge on any atom is 0.417 e. The summed E-state index contributed by atoms with van der Waals surface area (Å²) in [7, 11) is 0. The summed E-state index contributed by atoms with van der Waals surface area (Å²) in [5, 5.41) is 10.3. The van der Waals surface area contributed by atoms with E-state index in [0.717, 1.165) is 18.2 Å². The molecule has 0 aliphatic rings. The lowest BCUT2D eigenvalue weighted by molar-refractivity contribution is -0.388. The van der Waals surface area contributed by atoms with Crippen molar-refractivity contribution in [2.75, 3.05) is 0 Å². The number of hydrogen-bond donors (Lipinski definition) is 1. The molecule has 3 nitrogen and oxygen atoms in total. The predicted molar refractivity (Wildman–Crippen MR) is 45.4 cm³/mol. The minimum Gasteiger partial charge on any atom is -0.258 e. The van der Waals surface area contributed by atoms with E-state index in [2.05, 4.69) is 12.6 Å². The molecule has 0 saturated carbocycles. The van der Waals surface area contributed by atoms with E-state index in [-0.39, 0.29) is 0 Å². The highest BCUT2D eigenvalue weighted by Gasteiger charge is 2.35. The first-order valence-electron chi connectivity index (χ1n) is 3.37. The van der Waals surface area contributed by atoms with Crippen molar-refractivity contribution in [2.24, 2.45) is 0 Å². The number of nitro groups is 1. The van der Waals surface area contributed by atoms with Gasteiger partial charge in [-0.3, -0.25) is 10.1 Å². The van der Waals surface area contributed by atoms with Crippen molar-refractivity contribution in [3.05, 3.63) is 33.9 Å². The Hall–Kier alpha value is -1.24. The Labute approximate surface area is 82.1 Å². The Kier molecular flexibility index (Phi) is 2.70. The molecule has 0 atom stereocenters. The second kappa shape index (κ2) is 3.49. The number of nitro benzene ring substituents is 1. The van der Waals surface area contributed by atoms with Gasteiger partial charge in [-0.15, -0.1) is 12.6 Å². The first-order chi connectivity index (χ1) is 6.34. The van der Waals surface area contributed by atoms with E-state index in [9.17, 15) is 23.3 Å². The van der Waals surface area contributed by atoms with Gasteiger partial charge in [0, 0.05) is 6.07 Å². The van der Waals surface area contributed by atoms with E-state index < -0.39 is 27.2 Å². The van der Waals surface area contributed by atoms with Crippen LogP contribution in [0.25, 0.3) is 0 Å². The molecule has 0 N–H and O–H groups in total. The topological polar surface area (TPSA) is 43.1 Å². The Morgan fingerprint density at radius 2 is 1.93 bits per heavy atom. The third-order valence-corrected chi connectivity index (χ3v) is 1.99. The molecular formula is C7H4F3NO2S. The monoisotopic (exact) mass is 223 g/mol. The zero-order chi connectivity index (χ0) is 10.9. The molecule has 0 bridgehead atoms. The first-order valence-corrected chi connectivity index (χ1v) is 3.82. The van der Waals surface area contributed by atoms with Gasteiger partial charge in [-0.25, -0.2) is 0 Å². The van der Waals surface area contributed by atoms with E-state index in [1.54, 1.807) is 0 Å². The molecule has 76 valence electrons. The van der Waals surface area contributed by atoms with Crippen LogP contribution < -0.4 is 0 Å². The molecule has 0 amide bonds. The smallest absolute Gasteiger partial charge is 0.258 e. The van der Waals surface area contributed by atoms with Gasteiger partial charge in [0.25, 0.3) is 5.69 Å². The van der Waals surface area contributed by atoms with Crippen molar-refractivity contribution in [1.29, 1.82) is 0 Å². The van der Waals surface area contributed by atoms with Gasteiger partial charge in [-0.2, -0.15) is 13.2 Å². The van der Waals surface area contributed by atoms with Gasteiger partial charge in [0.1, 0.15) is 0 Å². The molecule has 14 heavy (non-hydrogen) atoms. The molecule has 7 heteroatoms. The van der Waals surface area contributed by atoms with E-state index >= 15 is 0 Å². The number of halogens is 3. The minimum absolute atomic E-state index is 0.650. The van der Waals surface area contributed by atoms with Crippen LogP contribution in [0, 0.1) is 10.1 Å². The first kappa shape index (κ1) is 10.8. The van der Waals surface area contributed by atoms with Crippen molar-refractivity contribution in [3.63, 3.8) is 0 Å². The molecule has 0 aliphatic carbocycles. The van der Waals surface area contributed by atoms with Crippen LogP contribution in [0.4, 0.5) is 18.9 Å². The molecular weight excluding hydrogens is 219 g/mol.